The van der Waals surface area contributed by atoms with E-state index in [1.165, 1.54) is 3.97 Å². The van der Waals surface area contributed by atoms with Crippen molar-refractivity contribution in [2.45, 2.75) is 37.4 Å². The number of hydrogen-bond acceptors (Lipinski definition) is 4. The van der Waals surface area contributed by atoms with Gasteiger partial charge in [0.2, 0.25) is 16.0 Å². The van der Waals surface area contributed by atoms with Crippen LogP contribution in [0.4, 0.5) is 5.95 Å². The minimum atomic E-state index is -3.58. The molecule has 0 radical (unpaired) electrons. The maximum Gasteiger partial charge on any atom is 0.244 e. The van der Waals surface area contributed by atoms with Gasteiger partial charge in [0.25, 0.3) is 0 Å². The maximum absolute atomic E-state index is 13.3. The zero-order valence-corrected chi connectivity index (χ0v) is 16.0. The van der Waals surface area contributed by atoms with E-state index in [9.17, 15) is 8.42 Å². The smallest absolute Gasteiger partial charge is 0.244 e. The Balaban J connectivity index is 1.82. The highest BCUT2D eigenvalue weighted by atomic mass is 32.2. The van der Waals surface area contributed by atoms with Crippen molar-refractivity contribution in [3.63, 3.8) is 0 Å². The molecule has 27 heavy (non-hydrogen) atoms. The summed E-state index contributed by atoms with van der Waals surface area (Å²) >= 11 is 0. The van der Waals surface area contributed by atoms with Crippen molar-refractivity contribution in [3.8, 4) is 0 Å². The summed E-state index contributed by atoms with van der Waals surface area (Å²) in [5.41, 5.74) is 9.81. The molecule has 1 aliphatic carbocycles. The molecule has 1 saturated carbocycles. The second-order valence-electron chi connectivity index (χ2n) is 7.09. The lowest BCUT2D eigenvalue weighted by Gasteiger charge is -2.22. The first kappa shape index (κ1) is 17.8. The molecule has 4 rings (SSSR count). The van der Waals surface area contributed by atoms with Gasteiger partial charge in [-0.2, -0.15) is 0 Å². The number of hydrogen-bond donors (Lipinski definition) is 1. The van der Waals surface area contributed by atoms with Gasteiger partial charge in [0.1, 0.15) is 0 Å². The van der Waals surface area contributed by atoms with Gasteiger partial charge in [-0.3, -0.25) is 0 Å². The first-order valence-corrected chi connectivity index (χ1v) is 10.8. The van der Waals surface area contributed by atoms with E-state index in [1.54, 1.807) is 0 Å². The third-order valence-corrected chi connectivity index (χ3v) is 7.54. The number of fused-ring (bicyclic) bond motifs is 1. The second kappa shape index (κ2) is 6.85. The van der Waals surface area contributed by atoms with E-state index >= 15 is 0 Å². The molecule has 2 aromatic carbocycles. The van der Waals surface area contributed by atoms with Crippen LogP contribution in [0.2, 0.25) is 0 Å². The van der Waals surface area contributed by atoms with E-state index in [0.29, 0.717) is 23.9 Å². The molecule has 3 aromatic rings. The van der Waals surface area contributed by atoms with Crippen LogP contribution < -0.4 is 5.73 Å². The molecule has 1 aromatic heterocycles. The van der Waals surface area contributed by atoms with Crippen molar-refractivity contribution in [2.75, 3.05) is 5.73 Å². The Bertz CT molecular complexity index is 1100. The number of imidazole rings is 1. The van der Waals surface area contributed by atoms with E-state index in [1.807, 2.05) is 48.5 Å². The second-order valence-corrected chi connectivity index (χ2v) is 9.15. The number of nitrogens with zero attached hydrogens (tertiary/aromatic N) is 2. The molecule has 0 amide bonds. The van der Waals surface area contributed by atoms with Crippen molar-refractivity contribution in [2.24, 2.45) is 0 Å². The Hall–Kier alpha value is -2.60. The van der Waals surface area contributed by atoms with Crippen molar-refractivity contribution in [1.29, 1.82) is 0 Å². The molecule has 0 saturated heterocycles. The predicted octanol–water partition coefficient (Wildman–Crippen LogP) is 4.19. The number of aromatic nitrogens is 2. The van der Waals surface area contributed by atoms with E-state index in [0.717, 1.165) is 36.0 Å². The number of anilines is 1. The summed E-state index contributed by atoms with van der Waals surface area (Å²) in [6.07, 6.45) is 4.32. The molecule has 5 nitrogen and oxygen atoms in total. The molecule has 0 unspecified atom stereocenters. The molecule has 0 aliphatic heterocycles. The molecule has 1 aliphatic rings. The third kappa shape index (κ3) is 3.14. The van der Waals surface area contributed by atoms with Gasteiger partial charge in [-0.25, -0.2) is 17.4 Å². The van der Waals surface area contributed by atoms with Crippen molar-refractivity contribution >= 4 is 32.6 Å². The summed E-state index contributed by atoms with van der Waals surface area (Å²) in [6, 6.07) is 15.4. The summed E-state index contributed by atoms with van der Waals surface area (Å²) in [6.45, 7) is 4.18. The van der Waals surface area contributed by atoms with Gasteiger partial charge in [-0.15, -0.1) is 0 Å². The summed E-state index contributed by atoms with van der Waals surface area (Å²) < 4.78 is 27.7. The molecule has 1 heterocycles. The van der Waals surface area contributed by atoms with Gasteiger partial charge in [0.15, 0.2) is 0 Å². The van der Waals surface area contributed by atoms with Crippen LogP contribution in [0, 0.1) is 0 Å². The summed E-state index contributed by atoms with van der Waals surface area (Å²) in [5, 5.41) is -0.396. The standard InChI is InChI=1S/C21H23N3O2S/c1-15(16-8-4-2-5-9-16)17-12-13-19-20(14-17)24(21(22)23-19)27(25,26)18-10-6-3-7-11-18/h2,4-5,8-9,12-14,18H,1,3,6-7,10-11H2,(H2,22,23). The van der Waals surface area contributed by atoms with Crippen LogP contribution in [0.15, 0.2) is 55.1 Å². The van der Waals surface area contributed by atoms with E-state index in [-0.39, 0.29) is 5.95 Å². The van der Waals surface area contributed by atoms with Crippen LogP contribution in [-0.4, -0.2) is 22.6 Å². The maximum atomic E-state index is 13.3. The number of nitrogens with two attached hydrogens (primary N) is 1. The van der Waals surface area contributed by atoms with Crippen molar-refractivity contribution in [1.82, 2.24) is 8.96 Å². The van der Waals surface area contributed by atoms with Gasteiger partial charge >= 0.3 is 0 Å². The van der Waals surface area contributed by atoms with Gasteiger partial charge < -0.3 is 5.73 Å². The fraction of sp³-hybridized carbons (Fsp3) is 0.286. The van der Waals surface area contributed by atoms with Gasteiger partial charge in [0.05, 0.1) is 16.3 Å². The first-order chi connectivity index (χ1) is 13.0. The molecule has 0 spiro atoms. The van der Waals surface area contributed by atoms with E-state index in [2.05, 4.69) is 11.6 Å². The first-order valence-electron chi connectivity index (χ1n) is 9.25. The third-order valence-electron chi connectivity index (χ3n) is 5.34. The molecular formula is C21H23N3O2S. The van der Waals surface area contributed by atoms with Crippen LogP contribution in [0.1, 0.15) is 43.2 Å². The van der Waals surface area contributed by atoms with Crippen LogP contribution in [-0.2, 0) is 10.0 Å². The zero-order valence-electron chi connectivity index (χ0n) is 15.1. The van der Waals surface area contributed by atoms with Gasteiger partial charge in [0, 0.05) is 0 Å². The molecular weight excluding hydrogens is 358 g/mol. The Kier molecular flexibility index (Phi) is 4.52. The largest absolute Gasteiger partial charge is 0.368 e. The predicted molar refractivity (Wildman–Crippen MR) is 110 cm³/mol. The van der Waals surface area contributed by atoms with Crippen LogP contribution >= 0.6 is 0 Å². The topological polar surface area (TPSA) is 78.0 Å². The van der Waals surface area contributed by atoms with Crippen LogP contribution in [0.25, 0.3) is 16.6 Å². The quantitative estimate of drug-likeness (QED) is 0.735. The lowest BCUT2D eigenvalue weighted by molar-refractivity contribution is 0.480. The van der Waals surface area contributed by atoms with Crippen LogP contribution in [0.3, 0.4) is 0 Å². The summed E-state index contributed by atoms with van der Waals surface area (Å²) in [7, 11) is -3.58. The average molecular weight is 382 g/mol. The van der Waals surface area contributed by atoms with E-state index < -0.39 is 15.3 Å². The lowest BCUT2D eigenvalue weighted by atomic mass is 9.99. The number of benzene rings is 2. The molecule has 6 heteroatoms. The SMILES string of the molecule is C=C(c1ccccc1)c1ccc2nc(N)n(S(=O)(=O)C3CCCCC3)c2c1. The number of nitrogen functional groups attached to an aromatic ring is 1. The zero-order chi connectivity index (χ0) is 19.0. The highest BCUT2D eigenvalue weighted by Gasteiger charge is 2.31. The van der Waals surface area contributed by atoms with Crippen LogP contribution in [0.5, 0.6) is 0 Å². The average Bonchev–Trinajstić information content (AvgIpc) is 3.04. The number of rotatable bonds is 4. The van der Waals surface area contributed by atoms with E-state index in [4.69, 9.17) is 5.73 Å². The fourth-order valence-electron chi connectivity index (χ4n) is 3.85. The minimum Gasteiger partial charge on any atom is -0.368 e. The Morgan fingerprint density at radius 1 is 1.04 bits per heavy atom. The minimum absolute atomic E-state index is 0.0260. The Morgan fingerprint density at radius 2 is 1.74 bits per heavy atom. The Labute approximate surface area is 159 Å². The van der Waals surface area contributed by atoms with Crippen molar-refractivity contribution in [3.05, 3.63) is 66.2 Å². The molecule has 140 valence electrons. The van der Waals surface area contributed by atoms with Crippen molar-refractivity contribution < 1.29 is 8.42 Å². The Morgan fingerprint density at radius 3 is 2.44 bits per heavy atom. The monoisotopic (exact) mass is 381 g/mol. The lowest BCUT2D eigenvalue weighted by Crippen LogP contribution is -2.30. The molecule has 1 fully saturated rings. The molecule has 0 atom stereocenters. The highest BCUT2D eigenvalue weighted by molar-refractivity contribution is 7.90. The fourth-order valence-corrected chi connectivity index (χ4v) is 5.80. The van der Waals surface area contributed by atoms with Gasteiger partial charge in [-0.05, 0) is 41.7 Å². The van der Waals surface area contributed by atoms with Gasteiger partial charge in [-0.1, -0.05) is 62.2 Å². The molecule has 2 N–H and O–H groups in total. The molecule has 0 bridgehead atoms. The normalized spacial score (nSPS) is 15.9. The summed E-state index contributed by atoms with van der Waals surface area (Å²) in [4.78, 5) is 4.28. The summed E-state index contributed by atoms with van der Waals surface area (Å²) in [5.74, 6) is 0.0260. The highest BCUT2D eigenvalue weighted by Crippen LogP contribution is 2.31.